The van der Waals surface area contributed by atoms with Gasteiger partial charge in [-0.25, -0.2) is 9.97 Å². The standard InChI is InChI=1S/C14H23ClN4O2/c1-4-21-9-13-16-12(15)6-14(17-13)19-8-11(20)5-10(19)7-18(2)3/h6,10-11,20H,4-5,7-9H2,1-3H3. The Morgan fingerprint density at radius 1 is 1.48 bits per heavy atom. The van der Waals surface area contributed by atoms with Gasteiger partial charge >= 0.3 is 0 Å². The van der Waals surface area contributed by atoms with Crippen molar-refractivity contribution in [3.8, 4) is 0 Å². The van der Waals surface area contributed by atoms with Crippen molar-refractivity contribution in [1.29, 1.82) is 0 Å². The van der Waals surface area contributed by atoms with Gasteiger partial charge in [0.2, 0.25) is 0 Å². The smallest absolute Gasteiger partial charge is 0.158 e. The van der Waals surface area contributed by atoms with Gasteiger partial charge in [0.05, 0.1) is 6.10 Å². The second-order valence-electron chi connectivity index (χ2n) is 5.56. The second-order valence-corrected chi connectivity index (χ2v) is 5.95. The molecule has 2 heterocycles. The van der Waals surface area contributed by atoms with Crippen LogP contribution >= 0.6 is 11.6 Å². The molecule has 0 aliphatic carbocycles. The van der Waals surface area contributed by atoms with Crippen LogP contribution in [0, 0.1) is 0 Å². The zero-order chi connectivity index (χ0) is 15.4. The number of anilines is 1. The van der Waals surface area contributed by atoms with E-state index in [0.717, 1.165) is 18.8 Å². The number of likely N-dealkylation sites (N-methyl/N-ethyl adjacent to an activating group) is 1. The summed E-state index contributed by atoms with van der Waals surface area (Å²) in [5.74, 6) is 1.33. The Labute approximate surface area is 130 Å². The fourth-order valence-electron chi connectivity index (χ4n) is 2.62. The molecular formula is C14H23ClN4O2. The molecule has 0 saturated carbocycles. The number of aliphatic hydroxyl groups is 1. The van der Waals surface area contributed by atoms with Gasteiger partial charge in [0.25, 0.3) is 0 Å². The number of halogens is 1. The lowest BCUT2D eigenvalue weighted by atomic mass is 10.2. The predicted octanol–water partition coefficient (Wildman–Crippen LogP) is 1.17. The second kappa shape index (κ2) is 7.35. The highest BCUT2D eigenvalue weighted by molar-refractivity contribution is 6.29. The summed E-state index contributed by atoms with van der Waals surface area (Å²) in [6, 6.07) is 1.97. The highest BCUT2D eigenvalue weighted by Crippen LogP contribution is 2.26. The maximum atomic E-state index is 9.96. The topological polar surface area (TPSA) is 61.7 Å². The summed E-state index contributed by atoms with van der Waals surface area (Å²) in [6.45, 7) is 4.31. The van der Waals surface area contributed by atoms with Gasteiger partial charge in [-0.05, 0) is 27.4 Å². The minimum absolute atomic E-state index is 0.223. The van der Waals surface area contributed by atoms with Crippen LogP contribution in [-0.4, -0.2) is 65.9 Å². The molecule has 1 aromatic rings. The number of hydrogen-bond donors (Lipinski definition) is 1. The Bertz CT molecular complexity index is 472. The van der Waals surface area contributed by atoms with Crippen molar-refractivity contribution in [3.05, 3.63) is 17.0 Å². The maximum absolute atomic E-state index is 9.96. The summed E-state index contributed by atoms with van der Waals surface area (Å²) in [5.41, 5.74) is 0. The van der Waals surface area contributed by atoms with Crippen LogP contribution in [0.5, 0.6) is 0 Å². The molecule has 0 aromatic carbocycles. The van der Waals surface area contributed by atoms with E-state index in [4.69, 9.17) is 16.3 Å². The first kappa shape index (κ1) is 16.4. The van der Waals surface area contributed by atoms with Crippen molar-refractivity contribution in [2.45, 2.75) is 32.1 Å². The van der Waals surface area contributed by atoms with E-state index in [1.165, 1.54) is 0 Å². The molecule has 1 fully saturated rings. The van der Waals surface area contributed by atoms with Crippen LogP contribution in [0.15, 0.2) is 6.07 Å². The van der Waals surface area contributed by atoms with Crippen LogP contribution in [0.4, 0.5) is 5.82 Å². The van der Waals surface area contributed by atoms with Gasteiger partial charge in [-0.15, -0.1) is 0 Å². The fraction of sp³-hybridized carbons (Fsp3) is 0.714. The van der Waals surface area contributed by atoms with E-state index in [1.54, 1.807) is 6.07 Å². The minimum Gasteiger partial charge on any atom is -0.391 e. The van der Waals surface area contributed by atoms with E-state index in [2.05, 4.69) is 19.8 Å². The van der Waals surface area contributed by atoms with Crippen LogP contribution in [0.1, 0.15) is 19.2 Å². The van der Waals surface area contributed by atoms with E-state index in [9.17, 15) is 5.11 Å². The molecular weight excluding hydrogens is 292 g/mol. The zero-order valence-corrected chi connectivity index (χ0v) is 13.5. The van der Waals surface area contributed by atoms with Crippen molar-refractivity contribution < 1.29 is 9.84 Å². The van der Waals surface area contributed by atoms with E-state index < -0.39 is 0 Å². The molecule has 1 aromatic heterocycles. The average Bonchev–Trinajstić information content (AvgIpc) is 2.75. The first-order valence-electron chi connectivity index (χ1n) is 7.20. The summed E-state index contributed by atoms with van der Waals surface area (Å²) in [5, 5.41) is 10.4. The molecule has 0 radical (unpaired) electrons. The molecule has 6 nitrogen and oxygen atoms in total. The molecule has 0 amide bonds. The molecule has 2 rings (SSSR count). The average molecular weight is 315 g/mol. The first-order chi connectivity index (χ1) is 9.99. The molecule has 118 valence electrons. The molecule has 1 aliphatic heterocycles. The quantitative estimate of drug-likeness (QED) is 0.795. The van der Waals surface area contributed by atoms with Gasteiger partial charge in [-0.3, -0.25) is 0 Å². The van der Waals surface area contributed by atoms with E-state index in [1.807, 2.05) is 21.0 Å². The number of hydrogen-bond acceptors (Lipinski definition) is 6. The minimum atomic E-state index is -0.334. The monoisotopic (exact) mass is 314 g/mol. The zero-order valence-electron chi connectivity index (χ0n) is 12.8. The number of nitrogens with zero attached hydrogens (tertiary/aromatic N) is 4. The molecule has 21 heavy (non-hydrogen) atoms. The van der Waals surface area contributed by atoms with E-state index >= 15 is 0 Å². The van der Waals surface area contributed by atoms with Crippen LogP contribution in [0.2, 0.25) is 5.15 Å². The van der Waals surface area contributed by atoms with Crippen LogP contribution < -0.4 is 4.90 Å². The van der Waals surface area contributed by atoms with Crippen molar-refractivity contribution in [2.24, 2.45) is 0 Å². The third kappa shape index (κ3) is 4.51. The number of ether oxygens (including phenoxy) is 1. The van der Waals surface area contributed by atoms with Gasteiger partial charge in [-0.2, -0.15) is 0 Å². The lowest BCUT2D eigenvalue weighted by Gasteiger charge is -2.28. The Balaban J connectivity index is 2.20. The van der Waals surface area contributed by atoms with Gasteiger partial charge in [0.15, 0.2) is 5.82 Å². The molecule has 2 unspecified atom stereocenters. The SMILES string of the molecule is CCOCc1nc(Cl)cc(N2CC(O)CC2CN(C)C)n1. The van der Waals surface area contributed by atoms with Gasteiger partial charge in [0.1, 0.15) is 17.6 Å². The molecule has 2 atom stereocenters. The Morgan fingerprint density at radius 3 is 2.90 bits per heavy atom. The summed E-state index contributed by atoms with van der Waals surface area (Å²) in [6.07, 6.45) is 0.402. The van der Waals surface area contributed by atoms with Crippen molar-refractivity contribution in [1.82, 2.24) is 14.9 Å². The molecule has 1 aliphatic rings. The predicted molar refractivity (Wildman–Crippen MR) is 82.7 cm³/mol. The summed E-state index contributed by atoms with van der Waals surface area (Å²) >= 11 is 6.09. The summed E-state index contributed by atoms with van der Waals surface area (Å²) in [7, 11) is 4.05. The van der Waals surface area contributed by atoms with Gasteiger partial charge in [-0.1, -0.05) is 11.6 Å². The number of β-amino-alcohol motifs (C(OH)–C–C–N with tert-alkyl or cyclic N) is 1. The van der Waals surface area contributed by atoms with Crippen molar-refractivity contribution in [3.63, 3.8) is 0 Å². The molecule has 1 saturated heterocycles. The van der Waals surface area contributed by atoms with Gasteiger partial charge < -0.3 is 19.6 Å². The fourth-order valence-corrected chi connectivity index (χ4v) is 2.82. The maximum Gasteiger partial charge on any atom is 0.158 e. The molecule has 1 N–H and O–H groups in total. The molecule has 0 spiro atoms. The summed E-state index contributed by atoms with van der Waals surface area (Å²) in [4.78, 5) is 12.9. The molecule has 0 bridgehead atoms. The van der Waals surface area contributed by atoms with E-state index in [-0.39, 0.29) is 12.1 Å². The van der Waals surface area contributed by atoms with Crippen molar-refractivity contribution >= 4 is 17.4 Å². The number of aromatic nitrogens is 2. The summed E-state index contributed by atoms with van der Waals surface area (Å²) < 4.78 is 5.34. The normalized spacial score (nSPS) is 22.3. The highest BCUT2D eigenvalue weighted by Gasteiger charge is 2.32. The first-order valence-corrected chi connectivity index (χ1v) is 7.58. The largest absolute Gasteiger partial charge is 0.391 e. The van der Waals surface area contributed by atoms with Crippen LogP contribution in [0.25, 0.3) is 0 Å². The molecule has 7 heteroatoms. The lowest BCUT2D eigenvalue weighted by molar-refractivity contribution is 0.128. The van der Waals surface area contributed by atoms with Crippen molar-refractivity contribution in [2.75, 3.05) is 38.7 Å². The highest BCUT2D eigenvalue weighted by atomic mass is 35.5. The Kier molecular flexibility index (Phi) is 5.75. The Morgan fingerprint density at radius 2 is 2.24 bits per heavy atom. The van der Waals surface area contributed by atoms with E-state index in [0.29, 0.717) is 30.7 Å². The Hall–Kier alpha value is -0.950. The third-order valence-electron chi connectivity index (χ3n) is 3.43. The van der Waals surface area contributed by atoms with Gasteiger partial charge in [0, 0.05) is 31.8 Å². The third-order valence-corrected chi connectivity index (χ3v) is 3.62. The number of aliphatic hydroxyl groups excluding tert-OH is 1. The van der Waals surface area contributed by atoms with Crippen LogP contribution in [0.3, 0.4) is 0 Å². The van der Waals surface area contributed by atoms with Crippen LogP contribution in [-0.2, 0) is 11.3 Å². The lowest BCUT2D eigenvalue weighted by Crippen LogP contribution is -2.38. The number of rotatable bonds is 6.